The van der Waals surface area contributed by atoms with E-state index in [0.717, 1.165) is 5.56 Å². The molecular weight excluding hydrogens is 276 g/mol. The summed E-state index contributed by atoms with van der Waals surface area (Å²) in [6.07, 6.45) is 0.671. The molecule has 0 aliphatic heterocycles. The van der Waals surface area contributed by atoms with E-state index in [1.54, 1.807) is 19.1 Å². The first-order valence-corrected chi connectivity index (χ1v) is 7.02. The quantitative estimate of drug-likeness (QED) is 0.473. The highest BCUT2D eigenvalue weighted by molar-refractivity contribution is 8.13. The number of carbonyl (C=O) groups is 2. The summed E-state index contributed by atoms with van der Waals surface area (Å²) < 4.78 is 9.70. The van der Waals surface area contributed by atoms with Gasteiger partial charge in [-0.3, -0.25) is 4.79 Å². The normalized spacial score (nSPS) is 9.30. The Hall–Kier alpha value is -1.93. The molecule has 1 aromatic rings. The van der Waals surface area contributed by atoms with Gasteiger partial charge in [0.1, 0.15) is 5.75 Å². The molecule has 0 heterocycles. The van der Waals surface area contributed by atoms with Gasteiger partial charge in [0.25, 0.3) is 0 Å². The number of carbonyl (C=O) groups excluding carboxylic acids is 2. The molecule has 1 aromatic carbocycles. The lowest BCUT2D eigenvalue weighted by atomic mass is 10.2. The maximum atomic E-state index is 10.9. The van der Waals surface area contributed by atoms with Crippen molar-refractivity contribution in [3.05, 3.63) is 29.8 Å². The first-order chi connectivity index (χ1) is 9.61. The van der Waals surface area contributed by atoms with Crippen molar-refractivity contribution < 1.29 is 19.1 Å². The molecule has 0 aliphatic carbocycles. The zero-order valence-corrected chi connectivity index (χ0v) is 12.3. The van der Waals surface area contributed by atoms with Crippen molar-refractivity contribution in [3.8, 4) is 17.6 Å². The number of methoxy groups -OCH3 is 1. The molecule has 0 aromatic heterocycles. The van der Waals surface area contributed by atoms with Crippen LogP contribution in [0, 0.1) is 11.8 Å². The molecule has 0 radical (unpaired) electrons. The zero-order valence-electron chi connectivity index (χ0n) is 11.5. The van der Waals surface area contributed by atoms with Gasteiger partial charge in [0.2, 0.25) is 0 Å². The second-order valence-corrected chi connectivity index (χ2v) is 5.05. The number of benzene rings is 1. The van der Waals surface area contributed by atoms with Crippen LogP contribution in [0.3, 0.4) is 0 Å². The number of esters is 1. The molecule has 0 atom stereocenters. The summed E-state index contributed by atoms with van der Waals surface area (Å²) >= 11 is 1.28. The van der Waals surface area contributed by atoms with Gasteiger partial charge < -0.3 is 9.47 Å². The lowest BCUT2D eigenvalue weighted by Crippen LogP contribution is -2.12. The van der Waals surface area contributed by atoms with Crippen LogP contribution in [-0.2, 0) is 14.3 Å². The zero-order chi connectivity index (χ0) is 14.8. The average molecular weight is 292 g/mol. The minimum absolute atomic E-state index is 0.107. The largest absolute Gasteiger partial charge is 0.482 e. The van der Waals surface area contributed by atoms with Gasteiger partial charge >= 0.3 is 5.97 Å². The fraction of sp³-hybridized carbons (Fsp3) is 0.333. The van der Waals surface area contributed by atoms with E-state index in [1.165, 1.54) is 18.9 Å². The third kappa shape index (κ3) is 6.86. The van der Waals surface area contributed by atoms with E-state index in [0.29, 0.717) is 17.9 Å². The molecule has 0 bridgehead atoms. The summed E-state index contributed by atoms with van der Waals surface area (Å²) in [7, 11) is 1.31. The second kappa shape index (κ2) is 9.05. The Labute approximate surface area is 122 Å². The van der Waals surface area contributed by atoms with Gasteiger partial charge in [-0.1, -0.05) is 23.6 Å². The van der Waals surface area contributed by atoms with Crippen LogP contribution in [0.5, 0.6) is 5.75 Å². The molecule has 4 nitrogen and oxygen atoms in total. The average Bonchev–Trinajstić information content (AvgIpc) is 2.45. The Balaban J connectivity index is 2.40. The van der Waals surface area contributed by atoms with Crippen LogP contribution in [-0.4, -0.2) is 30.6 Å². The summed E-state index contributed by atoms with van der Waals surface area (Å²) in [5.74, 6) is 6.88. The summed E-state index contributed by atoms with van der Waals surface area (Å²) in [5.41, 5.74) is 0.864. The van der Waals surface area contributed by atoms with Crippen LogP contribution in [0.4, 0.5) is 0 Å². The summed E-state index contributed by atoms with van der Waals surface area (Å²) in [6.45, 7) is 1.44. The van der Waals surface area contributed by atoms with Gasteiger partial charge in [-0.15, -0.1) is 0 Å². The standard InChI is InChI=1S/C15H16O4S/c1-12(16)20-10-4-3-5-13-6-8-14(9-7-13)19-11-15(17)18-2/h6-9H,4,10-11H2,1-2H3. The summed E-state index contributed by atoms with van der Waals surface area (Å²) in [4.78, 5) is 21.6. The molecule has 0 N–H and O–H groups in total. The Morgan fingerprint density at radius 3 is 2.55 bits per heavy atom. The first kappa shape index (κ1) is 16.1. The van der Waals surface area contributed by atoms with E-state index < -0.39 is 5.97 Å². The Bertz CT molecular complexity index is 511. The topological polar surface area (TPSA) is 52.6 Å². The fourth-order valence-corrected chi connectivity index (χ4v) is 1.74. The Morgan fingerprint density at radius 1 is 1.25 bits per heavy atom. The van der Waals surface area contributed by atoms with E-state index in [9.17, 15) is 9.59 Å². The molecule has 5 heteroatoms. The molecule has 0 saturated heterocycles. The van der Waals surface area contributed by atoms with E-state index in [2.05, 4.69) is 16.6 Å². The minimum atomic E-state index is -0.420. The van der Waals surface area contributed by atoms with E-state index in [1.807, 2.05) is 12.1 Å². The van der Waals surface area contributed by atoms with Gasteiger partial charge in [-0.25, -0.2) is 4.79 Å². The molecule has 0 unspecified atom stereocenters. The van der Waals surface area contributed by atoms with Crippen molar-refractivity contribution in [3.63, 3.8) is 0 Å². The van der Waals surface area contributed by atoms with Crippen LogP contribution in [0.25, 0.3) is 0 Å². The van der Waals surface area contributed by atoms with E-state index in [-0.39, 0.29) is 11.7 Å². The number of rotatable bonds is 5. The van der Waals surface area contributed by atoms with Crippen molar-refractivity contribution in [2.24, 2.45) is 0 Å². The lowest BCUT2D eigenvalue weighted by Gasteiger charge is -2.04. The Kier molecular flexibility index (Phi) is 7.30. The number of hydrogen-bond donors (Lipinski definition) is 0. The van der Waals surface area contributed by atoms with E-state index in [4.69, 9.17) is 4.74 Å². The van der Waals surface area contributed by atoms with Gasteiger partial charge in [-0.2, -0.15) is 0 Å². The third-order valence-electron chi connectivity index (χ3n) is 2.20. The lowest BCUT2D eigenvalue weighted by molar-refractivity contribution is -0.142. The SMILES string of the molecule is COC(=O)COc1ccc(C#CCCSC(C)=O)cc1. The second-order valence-electron chi connectivity index (χ2n) is 3.78. The summed E-state index contributed by atoms with van der Waals surface area (Å²) in [5, 5.41) is 0.110. The fourth-order valence-electron chi connectivity index (χ4n) is 1.25. The highest BCUT2D eigenvalue weighted by Crippen LogP contribution is 2.11. The molecule has 106 valence electrons. The van der Waals surface area contributed by atoms with Gasteiger partial charge in [0, 0.05) is 24.7 Å². The molecule has 0 fully saturated rings. The van der Waals surface area contributed by atoms with Crippen LogP contribution in [0.1, 0.15) is 18.9 Å². The number of ether oxygens (including phenoxy) is 2. The van der Waals surface area contributed by atoms with Gasteiger partial charge in [0.05, 0.1) is 7.11 Å². The van der Waals surface area contributed by atoms with Crippen molar-refractivity contribution in [1.82, 2.24) is 0 Å². The summed E-state index contributed by atoms with van der Waals surface area (Å²) in [6, 6.07) is 7.13. The van der Waals surface area contributed by atoms with Crippen LogP contribution in [0.15, 0.2) is 24.3 Å². The third-order valence-corrected chi connectivity index (χ3v) is 3.02. The van der Waals surface area contributed by atoms with Crippen molar-refractivity contribution in [1.29, 1.82) is 0 Å². The highest BCUT2D eigenvalue weighted by Gasteiger charge is 2.00. The molecule has 0 spiro atoms. The predicted octanol–water partition coefficient (Wildman–Crippen LogP) is 2.26. The molecule has 20 heavy (non-hydrogen) atoms. The molecule has 1 rings (SSSR count). The van der Waals surface area contributed by atoms with Gasteiger partial charge in [-0.05, 0) is 24.3 Å². The van der Waals surface area contributed by atoms with Crippen LogP contribution >= 0.6 is 11.8 Å². The van der Waals surface area contributed by atoms with Crippen molar-refractivity contribution in [2.75, 3.05) is 19.5 Å². The number of thioether (sulfide) groups is 1. The maximum Gasteiger partial charge on any atom is 0.343 e. The van der Waals surface area contributed by atoms with Gasteiger partial charge in [0.15, 0.2) is 11.7 Å². The Morgan fingerprint density at radius 2 is 1.95 bits per heavy atom. The van der Waals surface area contributed by atoms with Crippen LogP contribution in [0.2, 0.25) is 0 Å². The minimum Gasteiger partial charge on any atom is -0.482 e. The molecule has 0 saturated carbocycles. The number of hydrogen-bond acceptors (Lipinski definition) is 5. The van der Waals surface area contributed by atoms with Crippen LogP contribution < -0.4 is 4.74 Å². The smallest absolute Gasteiger partial charge is 0.343 e. The molecule has 0 aliphatic rings. The molecular formula is C15H16O4S. The van der Waals surface area contributed by atoms with Crippen molar-refractivity contribution >= 4 is 22.8 Å². The van der Waals surface area contributed by atoms with E-state index >= 15 is 0 Å². The van der Waals surface area contributed by atoms with Crippen molar-refractivity contribution in [2.45, 2.75) is 13.3 Å². The predicted molar refractivity (Wildman–Crippen MR) is 78.6 cm³/mol. The first-order valence-electron chi connectivity index (χ1n) is 6.03. The highest BCUT2D eigenvalue weighted by atomic mass is 32.2. The monoisotopic (exact) mass is 292 g/mol. The molecule has 0 amide bonds. The maximum absolute atomic E-state index is 10.9.